The number of pyridine rings is 1. The van der Waals surface area contributed by atoms with Crippen LogP contribution in [0.4, 0.5) is 0 Å². The van der Waals surface area contributed by atoms with Crippen LogP contribution >= 0.6 is 11.6 Å². The number of alkyl halides is 1. The zero-order chi connectivity index (χ0) is 12.3. The van der Waals surface area contributed by atoms with Crippen LogP contribution in [0, 0.1) is 12.8 Å². The zero-order valence-electron chi connectivity index (χ0n) is 9.95. The van der Waals surface area contributed by atoms with Crippen molar-refractivity contribution in [2.75, 3.05) is 5.88 Å². The zero-order valence-corrected chi connectivity index (χ0v) is 10.7. The summed E-state index contributed by atoms with van der Waals surface area (Å²) in [6.45, 7) is 1.93. The Bertz CT molecular complexity index is 408. The minimum atomic E-state index is -0.0387. The Kier molecular flexibility index (Phi) is 4.00. The molecule has 92 valence electrons. The van der Waals surface area contributed by atoms with Gasteiger partial charge in [0.05, 0.1) is 5.56 Å². The van der Waals surface area contributed by atoms with Crippen LogP contribution in [-0.2, 0) is 0 Å². The van der Waals surface area contributed by atoms with Crippen LogP contribution < -0.4 is 5.32 Å². The summed E-state index contributed by atoms with van der Waals surface area (Å²) < 4.78 is 0. The third-order valence-electron chi connectivity index (χ3n) is 3.31. The summed E-state index contributed by atoms with van der Waals surface area (Å²) in [6.07, 6.45) is 6.64. The van der Waals surface area contributed by atoms with E-state index in [9.17, 15) is 4.79 Å². The highest BCUT2D eigenvalue weighted by atomic mass is 35.5. The van der Waals surface area contributed by atoms with Gasteiger partial charge in [0.15, 0.2) is 0 Å². The van der Waals surface area contributed by atoms with E-state index in [4.69, 9.17) is 11.6 Å². The predicted octanol–water partition coefficient (Wildman–Crippen LogP) is 2.53. The minimum Gasteiger partial charge on any atom is -0.349 e. The van der Waals surface area contributed by atoms with Crippen molar-refractivity contribution in [3.8, 4) is 0 Å². The molecule has 4 heteroatoms. The van der Waals surface area contributed by atoms with Gasteiger partial charge in [-0.3, -0.25) is 9.78 Å². The smallest absolute Gasteiger partial charge is 0.253 e. The number of nitrogens with zero attached hydrogens (tertiary/aromatic N) is 1. The van der Waals surface area contributed by atoms with Gasteiger partial charge in [-0.25, -0.2) is 0 Å². The van der Waals surface area contributed by atoms with Crippen molar-refractivity contribution in [1.29, 1.82) is 0 Å². The molecule has 2 unspecified atom stereocenters. The van der Waals surface area contributed by atoms with E-state index >= 15 is 0 Å². The molecule has 2 atom stereocenters. The SMILES string of the molecule is Cc1cncc(C(=O)NC2CCCC2CCl)c1. The normalized spacial score (nSPS) is 23.6. The van der Waals surface area contributed by atoms with Gasteiger partial charge in [0.25, 0.3) is 5.91 Å². The maximum Gasteiger partial charge on any atom is 0.253 e. The van der Waals surface area contributed by atoms with E-state index < -0.39 is 0 Å². The molecular formula is C13H17ClN2O. The second-order valence-corrected chi connectivity index (χ2v) is 4.98. The summed E-state index contributed by atoms with van der Waals surface area (Å²) >= 11 is 5.89. The monoisotopic (exact) mass is 252 g/mol. The Hall–Kier alpha value is -1.09. The first-order valence-corrected chi connectivity index (χ1v) is 6.52. The number of aryl methyl sites for hydroxylation is 1. The van der Waals surface area contributed by atoms with E-state index in [1.807, 2.05) is 13.0 Å². The lowest BCUT2D eigenvalue weighted by Crippen LogP contribution is -2.38. The molecule has 0 aliphatic heterocycles. The molecule has 2 rings (SSSR count). The van der Waals surface area contributed by atoms with E-state index in [0.717, 1.165) is 24.8 Å². The standard InChI is InChI=1S/C13H17ClN2O/c1-9-5-11(8-15-7-9)13(17)16-12-4-2-3-10(12)6-14/h5,7-8,10,12H,2-4,6H2,1H3,(H,16,17). The lowest BCUT2D eigenvalue weighted by Gasteiger charge is -2.18. The number of halogens is 1. The van der Waals surface area contributed by atoms with E-state index in [1.54, 1.807) is 12.4 Å². The van der Waals surface area contributed by atoms with Crippen molar-refractivity contribution < 1.29 is 4.79 Å². The number of hydrogen-bond donors (Lipinski definition) is 1. The van der Waals surface area contributed by atoms with Crippen LogP contribution in [0.2, 0.25) is 0 Å². The number of rotatable bonds is 3. The highest BCUT2D eigenvalue weighted by Crippen LogP contribution is 2.26. The molecule has 1 aliphatic carbocycles. The van der Waals surface area contributed by atoms with Crippen molar-refractivity contribution in [2.24, 2.45) is 5.92 Å². The largest absolute Gasteiger partial charge is 0.349 e. The van der Waals surface area contributed by atoms with Crippen LogP contribution in [0.15, 0.2) is 18.5 Å². The Balaban J connectivity index is 2.01. The molecular weight excluding hydrogens is 236 g/mol. The molecule has 1 aliphatic rings. The number of hydrogen-bond acceptors (Lipinski definition) is 2. The first-order valence-electron chi connectivity index (χ1n) is 5.99. The fourth-order valence-corrected chi connectivity index (χ4v) is 2.71. The van der Waals surface area contributed by atoms with Gasteiger partial charge in [-0.15, -0.1) is 11.6 Å². The summed E-state index contributed by atoms with van der Waals surface area (Å²) in [4.78, 5) is 16.1. The average Bonchev–Trinajstić information content (AvgIpc) is 2.76. The first kappa shape index (κ1) is 12.4. The number of amides is 1. The van der Waals surface area contributed by atoms with Gasteiger partial charge >= 0.3 is 0 Å². The van der Waals surface area contributed by atoms with E-state index in [2.05, 4.69) is 10.3 Å². The highest BCUT2D eigenvalue weighted by molar-refractivity contribution is 6.18. The van der Waals surface area contributed by atoms with Crippen molar-refractivity contribution in [1.82, 2.24) is 10.3 Å². The van der Waals surface area contributed by atoms with E-state index in [0.29, 0.717) is 17.4 Å². The average molecular weight is 253 g/mol. The summed E-state index contributed by atoms with van der Waals surface area (Å²) in [5.41, 5.74) is 1.63. The van der Waals surface area contributed by atoms with E-state index in [1.165, 1.54) is 0 Å². The number of carbonyl (C=O) groups is 1. The quantitative estimate of drug-likeness (QED) is 0.840. The van der Waals surface area contributed by atoms with Gasteiger partial charge in [0, 0.05) is 24.3 Å². The van der Waals surface area contributed by atoms with Crippen LogP contribution in [0.25, 0.3) is 0 Å². The Morgan fingerprint density at radius 1 is 1.53 bits per heavy atom. The molecule has 0 saturated heterocycles. The van der Waals surface area contributed by atoms with Crippen molar-refractivity contribution >= 4 is 17.5 Å². The van der Waals surface area contributed by atoms with E-state index in [-0.39, 0.29) is 11.9 Å². The molecule has 1 fully saturated rings. The molecule has 0 radical (unpaired) electrons. The third kappa shape index (κ3) is 2.97. The Morgan fingerprint density at radius 3 is 3.06 bits per heavy atom. The maximum absolute atomic E-state index is 12.0. The molecule has 1 saturated carbocycles. The van der Waals surface area contributed by atoms with Crippen molar-refractivity contribution in [3.63, 3.8) is 0 Å². The van der Waals surface area contributed by atoms with Gasteiger partial charge in [0.2, 0.25) is 0 Å². The molecule has 1 aromatic heterocycles. The molecule has 0 spiro atoms. The first-order chi connectivity index (χ1) is 8.20. The fourth-order valence-electron chi connectivity index (χ4n) is 2.34. The summed E-state index contributed by atoms with van der Waals surface area (Å²) in [5, 5.41) is 3.06. The van der Waals surface area contributed by atoms with Crippen molar-refractivity contribution in [2.45, 2.75) is 32.2 Å². The van der Waals surface area contributed by atoms with Crippen LogP contribution in [0.5, 0.6) is 0 Å². The van der Waals surface area contributed by atoms with Gasteiger partial charge in [-0.1, -0.05) is 6.42 Å². The second-order valence-electron chi connectivity index (χ2n) is 4.68. The lowest BCUT2D eigenvalue weighted by molar-refractivity contribution is 0.0929. The van der Waals surface area contributed by atoms with Crippen LogP contribution in [0.1, 0.15) is 35.2 Å². The molecule has 1 amide bonds. The van der Waals surface area contributed by atoms with Gasteiger partial charge in [-0.05, 0) is 37.3 Å². The lowest BCUT2D eigenvalue weighted by atomic mass is 10.1. The predicted molar refractivity (Wildman–Crippen MR) is 68.3 cm³/mol. The summed E-state index contributed by atoms with van der Waals surface area (Å²) in [6, 6.07) is 2.08. The van der Waals surface area contributed by atoms with Crippen LogP contribution in [0.3, 0.4) is 0 Å². The third-order valence-corrected chi connectivity index (χ3v) is 3.71. The van der Waals surface area contributed by atoms with Crippen LogP contribution in [-0.4, -0.2) is 22.8 Å². The number of carbonyl (C=O) groups excluding carboxylic acids is 1. The topological polar surface area (TPSA) is 42.0 Å². The maximum atomic E-state index is 12.0. The fraction of sp³-hybridized carbons (Fsp3) is 0.538. The van der Waals surface area contributed by atoms with Gasteiger partial charge in [0.1, 0.15) is 0 Å². The number of aromatic nitrogens is 1. The Labute approximate surface area is 107 Å². The molecule has 0 aromatic carbocycles. The number of nitrogens with one attached hydrogen (secondary N) is 1. The molecule has 17 heavy (non-hydrogen) atoms. The summed E-state index contributed by atoms with van der Waals surface area (Å²) in [5.74, 6) is 0.999. The molecule has 1 N–H and O–H groups in total. The highest BCUT2D eigenvalue weighted by Gasteiger charge is 2.27. The molecule has 1 heterocycles. The minimum absolute atomic E-state index is 0.0387. The molecule has 1 aromatic rings. The molecule has 0 bridgehead atoms. The van der Waals surface area contributed by atoms with Gasteiger partial charge < -0.3 is 5.32 Å². The summed E-state index contributed by atoms with van der Waals surface area (Å²) in [7, 11) is 0. The second kappa shape index (κ2) is 5.50. The Morgan fingerprint density at radius 2 is 2.35 bits per heavy atom. The molecule has 3 nitrogen and oxygen atoms in total. The van der Waals surface area contributed by atoms with Crippen molar-refractivity contribution in [3.05, 3.63) is 29.6 Å². The van der Waals surface area contributed by atoms with Gasteiger partial charge in [-0.2, -0.15) is 0 Å².